The minimum absolute atomic E-state index is 0.00534. The van der Waals surface area contributed by atoms with E-state index in [0.717, 1.165) is 4.47 Å². The summed E-state index contributed by atoms with van der Waals surface area (Å²) in [6.45, 7) is 4.85. The quantitative estimate of drug-likeness (QED) is 0.848. The third-order valence-corrected chi connectivity index (χ3v) is 3.44. The molecule has 1 aromatic carbocycles. The maximum atomic E-state index is 11.5. The van der Waals surface area contributed by atoms with Crippen molar-refractivity contribution in [3.05, 3.63) is 34.3 Å². The van der Waals surface area contributed by atoms with Crippen LogP contribution in [0.1, 0.15) is 32.3 Å². The highest BCUT2D eigenvalue weighted by molar-refractivity contribution is 9.10. The first-order chi connectivity index (χ1) is 8.45. The van der Waals surface area contributed by atoms with Crippen LogP contribution in [-0.4, -0.2) is 24.2 Å². The number of rotatable bonds is 6. The van der Waals surface area contributed by atoms with Crippen molar-refractivity contribution in [1.29, 1.82) is 0 Å². The Morgan fingerprint density at radius 2 is 1.94 bits per heavy atom. The lowest BCUT2D eigenvalue weighted by atomic mass is 9.84. The second-order valence-electron chi connectivity index (χ2n) is 4.99. The van der Waals surface area contributed by atoms with Gasteiger partial charge in [0.1, 0.15) is 0 Å². The monoisotopic (exact) mass is 313 g/mol. The number of nitrogens with one attached hydrogen (secondary N) is 1. The second kappa shape index (κ2) is 6.90. The van der Waals surface area contributed by atoms with Gasteiger partial charge in [0.15, 0.2) is 0 Å². The van der Waals surface area contributed by atoms with E-state index >= 15 is 0 Å². The summed E-state index contributed by atoms with van der Waals surface area (Å²) >= 11 is 3.41. The lowest BCUT2D eigenvalue weighted by molar-refractivity contribution is -0.121. The lowest BCUT2D eigenvalue weighted by Crippen LogP contribution is -2.36. The summed E-state index contributed by atoms with van der Waals surface area (Å²) in [6, 6.07) is 8.13. The fourth-order valence-electron chi connectivity index (χ4n) is 1.65. The molecule has 1 aromatic rings. The molecule has 0 heterocycles. The number of carbonyl (C=O) groups is 1. The minimum Gasteiger partial charge on any atom is -0.396 e. The first kappa shape index (κ1) is 15.2. The van der Waals surface area contributed by atoms with Crippen molar-refractivity contribution in [3.8, 4) is 0 Å². The van der Waals surface area contributed by atoms with Crippen LogP contribution < -0.4 is 5.32 Å². The van der Waals surface area contributed by atoms with E-state index in [9.17, 15) is 4.79 Å². The molecule has 0 spiro atoms. The smallest absolute Gasteiger partial charge is 0.220 e. The molecule has 0 saturated carbocycles. The van der Waals surface area contributed by atoms with Gasteiger partial charge in [0.25, 0.3) is 0 Å². The van der Waals surface area contributed by atoms with Gasteiger partial charge in [0, 0.05) is 29.5 Å². The summed E-state index contributed by atoms with van der Waals surface area (Å²) < 4.78 is 1.05. The molecule has 0 radical (unpaired) electrons. The lowest BCUT2D eigenvalue weighted by Gasteiger charge is -2.25. The van der Waals surface area contributed by atoms with Gasteiger partial charge >= 0.3 is 0 Å². The predicted octanol–water partition coefficient (Wildman–Crippen LogP) is 2.62. The Bertz CT molecular complexity index is 387. The van der Waals surface area contributed by atoms with Crippen molar-refractivity contribution in [2.75, 3.05) is 13.2 Å². The minimum atomic E-state index is -0.102. The molecule has 1 rings (SSSR count). The van der Waals surface area contributed by atoms with Crippen molar-refractivity contribution in [1.82, 2.24) is 5.32 Å². The molecular formula is C14H20BrNO2. The second-order valence-corrected chi connectivity index (χ2v) is 5.91. The largest absolute Gasteiger partial charge is 0.396 e. The van der Waals surface area contributed by atoms with Crippen molar-refractivity contribution in [3.63, 3.8) is 0 Å². The van der Waals surface area contributed by atoms with E-state index in [2.05, 4.69) is 47.2 Å². The average molecular weight is 314 g/mol. The van der Waals surface area contributed by atoms with Crippen LogP contribution in [-0.2, 0) is 10.2 Å². The molecule has 2 N–H and O–H groups in total. The van der Waals surface area contributed by atoms with Crippen molar-refractivity contribution < 1.29 is 9.90 Å². The Labute approximate surface area is 117 Å². The fraction of sp³-hybridized carbons (Fsp3) is 0.500. The van der Waals surface area contributed by atoms with Gasteiger partial charge in [-0.2, -0.15) is 0 Å². The maximum Gasteiger partial charge on any atom is 0.220 e. The van der Waals surface area contributed by atoms with E-state index in [-0.39, 0.29) is 17.9 Å². The molecule has 1 amide bonds. The highest BCUT2D eigenvalue weighted by Crippen LogP contribution is 2.23. The van der Waals surface area contributed by atoms with Gasteiger partial charge in [0.05, 0.1) is 0 Å². The van der Waals surface area contributed by atoms with Crippen LogP contribution in [0.15, 0.2) is 28.7 Å². The van der Waals surface area contributed by atoms with Crippen LogP contribution in [0.3, 0.4) is 0 Å². The Balaban J connectivity index is 2.54. The van der Waals surface area contributed by atoms with E-state index in [1.54, 1.807) is 0 Å². The number of aliphatic hydroxyl groups is 1. The number of benzene rings is 1. The van der Waals surface area contributed by atoms with Crippen LogP contribution in [0.4, 0.5) is 0 Å². The van der Waals surface area contributed by atoms with Crippen LogP contribution in [0, 0.1) is 0 Å². The Kier molecular flexibility index (Phi) is 5.82. The molecule has 0 aromatic heterocycles. The number of aliphatic hydroxyl groups excluding tert-OH is 1. The van der Waals surface area contributed by atoms with Crippen LogP contribution in [0.25, 0.3) is 0 Å². The molecular weight excluding hydrogens is 294 g/mol. The van der Waals surface area contributed by atoms with Crippen LogP contribution in [0.5, 0.6) is 0 Å². The number of amides is 1. The number of hydrogen-bond acceptors (Lipinski definition) is 2. The molecule has 0 aliphatic heterocycles. The van der Waals surface area contributed by atoms with Crippen LogP contribution in [0.2, 0.25) is 0 Å². The summed E-state index contributed by atoms with van der Waals surface area (Å²) in [5.41, 5.74) is 1.09. The summed E-state index contributed by atoms with van der Waals surface area (Å²) in [7, 11) is 0. The van der Waals surface area contributed by atoms with E-state index in [1.165, 1.54) is 5.56 Å². The predicted molar refractivity (Wildman–Crippen MR) is 76.5 cm³/mol. The molecule has 0 aliphatic carbocycles. The highest BCUT2D eigenvalue weighted by Gasteiger charge is 2.21. The standard InChI is InChI=1S/C14H20BrNO2/c1-14(2,10-16-13(18)4-3-9-17)11-5-7-12(15)8-6-11/h5-8,17H,3-4,9-10H2,1-2H3,(H,16,18). The SMILES string of the molecule is CC(C)(CNC(=O)CCCO)c1ccc(Br)cc1. The van der Waals surface area contributed by atoms with E-state index in [0.29, 0.717) is 19.4 Å². The summed E-state index contributed by atoms with van der Waals surface area (Å²) in [5, 5.41) is 11.6. The molecule has 0 bridgehead atoms. The van der Waals surface area contributed by atoms with Gasteiger partial charge in [-0.15, -0.1) is 0 Å². The third-order valence-electron chi connectivity index (χ3n) is 2.92. The third kappa shape index (κ3) is 4.78. The topological polar surface area (TPSA) is 49.3 Å². The van der Waals surface area contributed by atoms with Crippen molar-refractivity contribution in [2.45, 2.75) is 32.1 Å². The molecule has 0 saturated heterocycles. The molecule has 0 aliphatic rings. The molecule has 0 atom stereocenters. The summed E-state index contributed by atoms with van der Waals surface area (Å²) in [4.78, 5) is 11.5. The maximum absolute atomic E-state index is 11.5. The Morgan fingerprint density at radius 1 is 1.33 bits per heavy atom. The molecule has 3 nitrogen and oxygen atoms in total. The summed E-state index contributed by atoms with van der Waals surface area (Å²) in [5.74, 6) is -0.00534. The van der Waals surface area contributed by atoms with Crippen LogP contribution >= 0.6 is 15.9 Å². The molecule has 100 valence electrons. The van der Waals surface area contributed by atoms with E-state index in [1.807, 2.05) is 12.1 Å². The zero-order valence-electron chi connectivity index (χ0n) is 10.9. The summed E-state index contributed by atoms with van der Waals surface area (Å²) in [6.07, 6.45) is 0.900. The van der Waals surface area contributed by atoms with Crippen molar-refractivity contribution >= 4 is 21.8 Å². The molecule has 0 fully saturated rings. The van der Waals surface area contributed by atoms with Gasteiger partial charge in [-0.25, -0.2) is 0 Å². The number of hydrogen-bond donors (Lipinski definition) is 2. The molecule has 18 heavy (non-hydrogen) atoms. The fourth-order valence-corrected chi connectivity index (χ4v) is 1.92. The van der Waals surface area contributed by atoms with Crippen molar-refractivity contribution in [2.24, 2.45) is 0 Å². The normalized spacial score (nSPS) is 11.3. The highest BCUT2D eigenvalue weighted by atomic mass is 79.9. The van der Waals surface area contributed by atoms with Gasteiger partial charge < -0.3 is 10.4 Å². The average Bonchev–Trinajstić information content (AvgIpc) is 2.34. The first-order valence-corrected chi connectivity index (χ1v) is 6.88. The van der Waals surface area contributed by atoms with E-state index in [4.69, 9.17) is 5.11 Å². The zero-order chi connectivity index (χ0) is 13.6. The Hall–Kier alpha value is -0.870. The molecule has 0 unspecified atom stereocenters. The van der Waals surface area contributed by atoms with Gasteiger partial charge in [-0.1, -0.05) is 41.9 Å². The zero-order valence-corrected chi connectivity index (χ0v) is 12.5. The first-order valence-electron chi connectivity index (χ1n) is 6.09. The van der Waals surface area contributed by atoms with Gasteiger partial charge in [-0.3, -0.25) is 4.79 Å². The number of carbonyl (C=O) groups excluding carboxylic acids is 1. The van der Waals surface area contributed by atoms with Gasteiger partial charge in [-0.05, 0) is 24.1 Å². The van der Waals surface area contributed by atoms with Gasteiger partial charge in [0.2, 0.25) is 5.91 Å². The Morgan fingerprint density at radius 3 is 2.50 bits per heavy atom. The van der Waals surface area contributed by atoms with E-state index < -0.39 is 0 Å². The number of halogens is 1. The molecule has 4 heteroatoms.